The molecule has 2 nitrogen and oxygen atoms in total. The average molecular weight is 212 g/mol. The first kappa shape index (κ1) is 9.52. The summed E-state index contributed by atoms with van der Waals surface area (Å²) in [5.41, 5.74) is 2.68. The first-order chi connectivity index (χ1) is 7.70. The second kappa shape index (κ2) is 3.14. The quantitative estimate of drug-likeness (QED) is 0.662. The lowest BCUT2D eigenvalue weighted by Crippen LogP contribution is -2.35. The summed E-state index contributed by atoms with van der Waals surface area (Å²) in [5, 5.41) is 2.66. The molecule has 3 rings (SSSR count). The summed E-state index contributed by atoms with van der Waals surface area (Å²) in [7, 11) is 4.32. The van der Waals surface area contributed by atoms with Gasteiger partial charge in [-0.15, -0.1) is 0 Å². The van der Waals surface area contributed by atoms with Gasteiger partial charge in [-0.3, -0.25) is 0 Å². The molecule has 0 N–H and O–H groups in total. The maximum Gasteiger partial charge on any atom is 0.0982 e. The van der Waals surface area contributed by atoms with Crippen molar-refractivity contribution in [2.75, 3.05) is 23.9 Å². The molecule has 0 spiro atoms. The van der Waals surface area contributed by atoms with Crippen LogP contribution in [0.25, 0.3) is 10.8 Å². The summed E-state index contributed by atoms with van der Waals surface area (Å²) in [5.74, 6) is 0. The lowest BCUT2D eigenvalue weighted by Gasteiger charge is -2.23. The third-order valence-corrected chi connectivity index (χ3v) is 3.73. The molecule has 0 aromatic heterocycles. The van der Waals surface area contributed by atoms with E-state index in [1.165, 1.54) is 22.1 Å². The fourth-order valence-electron chi connectivity index (χ4n) is 2.55. The van der Waals surface area contributed by atoms with Crippen molar-refractivity contribution in [1.29, 1.82) is 0 Å². The number of rotatable bonds is 0. The molecule has 0 saturated heterocycles. The molecule has 82 valence electrons. The van der Waals surface area contributed by atoms with Crippen LogP contribution in [0.1, 0.15) is 6.92 Å². The Labute approximate surface area is 96.1 Å². The number of anilines is 2. The largest absolute Gasteiger partial charge is 0.353 e. The monoisotopic (exact) mass is 212 g/mol. The number of nitrogens with zero attached hydrogens (tertiary/aromatic N) is 2. The van der Waals surface area contributed by atoms with E-state index in [1.54, 1.807) is 0 Å². The van der Waals surface area contributed by atoms with Crippen molar-refractivity contribution in [3.8, 4) is 0 Å². The van der Waals surface area contributed by atoms with E-state index >= 15 is 0 Å². The van der Waals surface area contributed by atoms with Gasteiger partial charge >= 0.3 is 0 Å². The van der Waals surface area contributed by atoms with E-state index in [0.717, 1.165) is 0 Å². The summed E-state index contributed by atoms with van der Waals surface area (Å²) in [6, 6.07) is 13.0. The van der Waals surface area contributed by atoms with Crippen molar-refractivity contribution in [2.24, 2.45) is 0 Å². The Hall–Kier alpha value is -1.70. The minimum absolute atomic E-state index is 0.431. The van der Waals surface area contributed by atoms with Gasteiger partial charge in [0.25, 0.3) is 0 Å². The van der Waals surface area contributed by atoms with Gasteiger partial charge in [-0.05, 0) is 18.4 Å². The maximum absolute atomic E-state index is 2.34. The fraction of sp³-hybridized carbons (Fsp3) is 0.286. The Morgan fingerprint density at radius 2 is 1.69 bits per heavy atom. The van der Waals surface area contributed by atoms with Crippen molar-refractivity contribution in [2.45, 2.75) is 13.1 Å². The Balaban J connectivity index is 2.36. The molecule has 16 heavy (non-hydrogen) atoms. The van der Waals surface area contributed by atoms with Crippen LogP contribution in [-0.4, -0.2) is 20.3 Å². The number of fused-ring (bicyclic) bond motifs is 3. The predicted molar refractivity (Wildman–Crippen MR) is 70.2 cm³/mol. The van der Waals surface area contributed by atoms with Crippen LogP contribution in [-0.2, 0) is 0 Å². The Bertz CT molecular complexity index is 547. The SMILES string of the molecule is CC1N(C)c2ccc3ccccc3c2N1C. The summed E-state index contributed by atoms with van der Waals surface area (Å²) >= 11 is 0. The zero-order valence-electron chi connectivity index (χ0n) is 9.94. The van der Waals surface area contributed by atoms with Gasteiger partial charge in [-0.2, -0.15) is 0 Å². The molecule has 0 aliphatic carbocycles. The second-order valence-corrected chi connectivity index (χ2v) is 4.51. The van der Waals surface area contributed by atoms with E-state index in [4.69, 9.17) is 0 Å². The lowest BCUT2D eigenvalue weighted by molar-refractivity contribution is 0.710. The molecule has 0 radical (unpaired) electrons. The molecule has 0 bridgehead atoms. The molecule has 0 amide bonds. The highest BCUT2D eigenvalue weighted by Crippen LogP contribution is 2.42. The number of hydrogen-bond acceptors (Lipinski definition) is 2. The lowest BCUT2D eigenvalue weighted by atomic mass is 10.1. The van der Waals surface area contributed by atoms with Crippen LogP contribution in [0, 0.1) is 0 Å². The maximum atomic E-state index is 2.34. The van der Waals surface area contributed by atoms with Gasteiger partial charge < -0.3 is 9.80 Å². The van der Waals surface area contributed by atoms with Crippen molar-refractivity contribution in [3.05, 3.63) is 36.4 Å². The van der Waals surface area contributed by atoms with Crippen LogP contribution < -0.4 is 9.80 Å². The highest BCUT2D eigenvalue weighted by Gasteiger charge is 2.28. The zero-order chi connectivity index (χ0) is 11.3. The standard InChI is InChI=1S/C14H16N2/c1-10-15(2)13-9-8-11-6-4-5-7-12(11)14(13)16(10)3/h4-10H,1-3H3. The van der Waals surface area contributed by atoms with Gasteiger partial charge in [0, 0.05) is 19.5 Å². The van der Waals surface area contributed by atoms with Crippen LogP contribution in [0.4, 0.5) is 11.4 Å². The molecule has 2 aromatic rings. The predicted octanol–water partition coefficient (Wildman–Crippen LogP) is 3.07. The average Bonchev–Trinajstić information content (AvgIpc) is 2.55. The van der Waals surface area contributed by atoms with Gasteiger partial charge in [0.2, 0.25) is 0 Å². The van der Waals surface area contributed by atoms with Crippen LogP contribution in [0.15, 0.2) is 36.4 Å². The van der Waals surface area contributed by atoms with Gasteiger partial charge in [-0.25, -0.2) is 0 Å². The van der Waals surface area contributed by atoms with Crippen molar-refractivity contribution in [3.63, 3.8) is 0 Å². The van der Waals surface area contributed by atoms with Crippen LogP contribution in [0.2, 0.25) is 0 Å². The van der Waals surface area contributed by atoms with E-state index in [1.807, 2.05) is 0 Å². The first-order valence-electron chi connectivity index (χ1n) is 5.67. The molecule has 1 heterocycles. The summed E-state index contributed by atoms with van der Waals surface area (Å²) in [6.45, 7) is 2.23. The van der Waals surface area contributed by atoms with Crippen molar-refractivity contribution >= 4 is 22.1 Å². The number of benzene rings is 2. The van der Waals surface area contributed by atoms with Crippen LogP contribution in [0.5, 0.6) is 0 Å². The van der Waals surface area contributed by atoms with Crippen LogP contribution >= 0.6 is 0 Å². The third kappa shape index (κ3) is 1.07. The van der Waals surface area contributed by atoms with E-state index < -0.39 is 0 Å². The minimum Gasteiger partial charge on any atom is -0.353 e. The zero-order valence-corrected chi connectivity index (χ0v) is 9.94. The van der Waals surface area contributed by atoms with E-state index in [0.29, 0.717) is 6.17 Å². The molecule has 0 saturated carbocycles. The normalized spacial score (nSPS) is 19.3. The third-order valence-electron chi connectivity index (χ3n) is 3.73. The molecular formula is C14H16N2. The van der Waals surface area contributed by atoms with Crippen molar-refractivity contribution < 1.29 is 0 Å². The van der Waals surface area contributed by atoms with E-state index in [2.05, 4.69) is 67.2 Å². The number of hydrogen-bond donors (Lipinski definition) is 0. The molecule has 1 unspecified atom stereocenters. The van der Waals surface area contributed by atoms with Crippen molar-refractivity contribution in [1.82, 2.24) is 0 Å². The molecule has 0 fully saturated rings. The summed E-state index contributed by atoms with van der Waals surface area (Å²) in [4.78, 5) is 4.67. The smallest absolute Gasteiger partial charge is 0.0982 e. The highest BCUT2D eigenvalue weighted by molar-refractivity contribution is 6.02. The van der Waals surface area contributed by atoms with Gasteiger partial charge in [0.15, 0.2) is 0 Å². The van der Waals surface area contributed by atoms with Crippen LogP contribution in [0.3, 0.4) is 0 Å². The molecule has 2 aromatic carbocycles. The molecule has 1 atom stereocenters. The second-order valence-electron chi connectivity index (χ2n) is 4.51. The minimum atomic E-state index is 0.431. The van der Waals surface area contributed by atoms with Gasteiger partial charge in [0.05, 0.1) is 17.5 Å². The van der Waals surface area contributed by atoms with Gasteiger partial charge in [0.1, 0.15) is 0 Å². The first-order valence-corrected chi connectivity index (χ1v) is 5.67. The van der Waals surface area contributed by atoms with Gasteiger partial charge in [-0.1, -0.05) is 30.3 Å². The Morgan fingerprint density at radius 1 is 0.938 bits per heavy atom. The summed E-state index contributed by atoms with van der Waals surface area (Å²) in [6.07, 6.45) is 0.431. The summed E-state index contributed by atoms with van der Waals surface area (Å²) < 4.78 is 0. The molecule has 1 aliphatic rings. The van der Waals surface area contributed by atoms with E-state index in [9.17, 15) is 0 Å². The molecule has 1 aliphatic heterocycles. The topological polar surface area (TPSA) is 6.48 Å². The fourth-order valence-corrected chi connectivity index (χ4v) is 2.55. The Morgan fingerprint density at radius 3 is 2.50 bits per heavy atom. The Kier molecular flexibility index (Phi) is 1.87. The van der Waals surface area contributed by atoms with E-state index in [-0.39, 0.29) is 0 Å². The molecule has 2 heteroatoms. The molecular weight excluding hydrogens is 196 g/mol. The highest BCUT2D eigenvalue weighted by atomic mass is 15.4.